The number of thioether (sulfide) groups is 1. The lowest BCUT2D eigenvalue weighted by Crippen LogP contribution is -2.36. The molecule has 0 radical (unpaired) electrons. The fraction of sp³-hybridized carbons (Fsp3) is 0.444. The van der Waals surface area contributed by atoms with Crippen molar-refractivity contribution in [3.8, 4) is 5.75 Å². The van der Waals surface area contributed by atoms with Crippen LogP contribution in [0.5, 0.6) is 5.75 Å². The van der Waals surface area contributed by atoms with Gasteiger partial charge < -0.3 is 9.84 Å². The Kier molecular flexibility index (Phi) is 5.59. The van der Waals surface area contributed by atoms with E-state index in [0.29, 0.717) is 13.2 Å². The van der Waals surface area contributed by atoms with E-state index < -0.39 is 6.10 Å². The zero-order valence-corrected chi connectivity index (χ0v) is 13.6. The first-order chi connectivity index (χ1) is 10.8. The lowest BCUT2D eigenvalue weighted by Gasteiger charge is -2.23. The molecule has 0 aliphatic carbocycles. The summed E-state index contributed by atoms with van der Waals surface area (Å²) in [5.74, 6) is 3.22. The molecule has 0 saturated carbocycles. The lowest BCUT2D eigenvalue weighted by atomic mass is 10.1. The highest BCUT2D eigenvalue weighted by Gasteiger charge is 2.14. The van der Waals surface area contributed by atoms with Crippen LogP contribution in [-0.2, 0) is 0 Å². The molecule has 0 aromatic heterocycles. The van der Waals surface area contributed by atoms with Gasteiger partial charge in [-0.05, 0) is 41.6 Å². The molecule has 22 heavy (non-hydrogen) atoms. The molecule has 0 amide bonds. The maximum absolute atomic E-state index is 10.2. The summed E-state index contributed by atoms with van der Waals surface area (Å²) < 4.78 is 5.77. The van der Waals surface area contributed by atoms with Gasteiger partial charge in [0, 0.05) is 18.8 Å². The summed E-state index contributed by atoms with van der Waals surface area (Å²) >= 11 is 2.00. The Hall–Kier alpha value is -1.23. The Bertz CT molecular complexity index is 596. The predicted octanol–water partition coefficient (Wildman–Crippen LogP) is 3.02. The van der Waals surface area contributed by atoms with Crippen molar-refractivity contribution in [1.82, 2.24) is 4.90 Å². The van der Waals surface area contributed by atoms with Gasteiger partial charge in [0.15, 0.2) is 0 Å². The number of ether oxygens (including phenoxy) is 1. The molecule has 1 fully saturated rings. The van der Waals surface area contributed by atoms with E-state index in [4.69, 9.17) is 4.74 Å². The van der Waals surface area contributed by atoms with E-state index in [9.17, 15) is 5.11 Å². The number of aliphatic hydroxyl groups excluding tert-OH is 1. The molecule has 1 saturated heterocycles. The van der Waals surface area contributed by atoms with Crippen molar-refractivity contribution in [1.29, 1.82) is 0 Å². The molecule has 1 atom stereocenters. The Morgan fingerprint density at radius 1 is 1.09 bits per heavy atom. The molecule has 1 unspecified atom stereocenters. The standard InChI is InChI=1S/C18H23NO2S/c20-17(13-19-8-3-10-22-11-9-19)14-21-18-7-6-15-4-1-2-5-16(15)12-18/h1-2,4-7,12,17,20H,3,8-11,13-14H2. The summed E-state index contributed by atoms with van der Waals surface area (Å²) in [6.45, 7) is 3.20. The minimum absolute atomic E-state index is 0.349. The summed E-state index contributed by atoms with van der Waals surface area (Å²) in [5, 5.41) is 12.6. The second-order valence-corrected chi connectivity index (χ2v) is 6.97. The monoisotopic (exact) mass is 317 g/mol. The van der Waals surface area contributed by atoms with Crippen LogP contribution >= 0.6 is 11.8 Å². The van der Waals surface area contributed by atoms with Crippen LogP contribution in [0.1, 0.15) is 6.42 Å². The van der Waals surface area contributed by atoms with Crippen molar-refractivity contribution < 1.29 is 9.84 Å². The van der Waals surface area contributed by atoms with Gasteiger partial charge in [0.1, 0.15) is 18.5 Å². The molecule has 1 heterocycles. The highest BCUT2D eigenvalue weighted by Crippen LogP contribution is 2.20. The van der Waals surface area contributed by atoms with Gasteiger partial charge in [-0.15, -0.1) is 0 Å². The van der Waals surface area contributed by atoms with Crippen LogP contribution in [0.4, 0.5) is 0 Å². The maximum Gasteiger partial charge on any atom is 0.120 e. The van der Waals surface area contributed by atoms with Crippen molar-refractivity contribution >= 4 is 22.5 Å². The van der Waals surface area contributed by atoms with Crippen LogP contribution in [0.2, 0.25) is 0 Å². The predicted molar refractivity (Wildman–Crippen MR) is 93.8 cm³/mol. The molecule has 0 bridgehead atoms. The zero-order chi connectivity index (χ0) is 15.2. The molecule has 1 aliphatic rings. The van der Waals surface area contributed by atoms with Gasteiger partial charge in [-0.3, -0.25) is 4.90 Å². The lowest BCUT2D eigenvalue weighted by molar-refractivity contribution is 0.0708. The molecular formula is C18H23NO2S. The second-order valence-electron chi connectivity index (χ2n) is 5.74. The van der Waals surface area contributed by atoms with Crippen LogP contribution < -0.4 is 4.74 Å². The van der Waals surface area contributed by atoms with Gasteiger partial charge in [0.25, 0.3) is 0 Å². The van der Waals surface area contributed by atoms with Crippen molar-refractivity contribution in [2.75, 3.05) is 37.7 Å². The number of benzene rings is 2. The first-order valence-corrected chi connectivity index (χ1v) is 9.06. The number of β-amino-alcohol motifs (C(OH)–C–C–N with tert-alkyl or cyclic N) is 1. The van der Waals surface area contributed by atoms with Gasteiger partial charge in [-0.2, -0.15) is 11.8 Å². The molecule has 2 aromatic rings. The van der Waals surface area contributed by atoms with E-state index >= 15 is 0 Å². The molecule has 1 N–H and O–H groups in total. The largest absolute Gasteiger partial charge is 0.491 e. The Morgan fingerprint density at radius 3 is 2.86 bits per heavy atom. The van der Waals surface area contributed by atoms with E-state index in [1.807, 2.05) is 36.0 Å². The molecule has 2 aromatic carbocycles. The molecule has 1 aliphatic heterocycles. The minimum atomic E-state index is -0.436. The summed E-state index contributed by atoms with van der Waals surface area (Å²) in [6, 6.07) is 14.3. The summed E-state index contributed by atoms with van der Waals surface area (Å²) in [4.78, 5) is 2.34. The normalized spacial score (nSPS) is 18.0. The van der Waals surface area contributed by atoms with Crippen LogP contribution in [0.15, 0.2) is 42.5 Å². The molecule has 4 heteroatoms. The van der Waals surface area contributed by atoms with E-state index in [2.05, 4.69) is 23.1 Å². The number of nitrogens with zero attached hydrogens (tertiary/aromatic N) is 1. The summed E-state index contributed by atoms with van der Waals surface area (Å²) in [6.07, 6.45) is 0.776. The van der Waals surface area contributed by atoms with Crippen LogP contribution in [0.3, 0.4) is 0 Å². The van der Waals surface area contributed by atoms with Gasteiger partial charge in [0.2, 0.25) is 0 Å². The fourth-order valence-electron chi connectivity index (χ4n) is 2.78. The van der Waals surface area contributed by atoms with Gasteiger partial charge >= 0.3 is 0 Å². The quantitative estimate of drug-likeness (QED) is 0.919. The van der Waals surface area contributed by atoms with Gasteiger partial charge in [-0.25, -0.2) is 0 Å². The molecule has 118 valence electrons. The van der Waals surface area contributed by atoms with E-state index in [-0.39, 0.29) is 0 Å². The first-order valence-electron chi connectivity index (χ1n) is 7.91. The SMILES string of the molecule is OC(COc1ccc2ccccc2c1)CN1CCCSCC1. The average molecular weight is 317 g/mol. The topological polar surface area (TPSA) is 32.7 Å². The third-order valence-corrected chi connectivity index (χ3v) is 5.00. The van der Waals surface area contributed by atoms with Crippen molar-refractivity contribution in [3.05, 3.63) is 42.5 Å². The first kappa shape index (κ1) is 15.7. The highest BCUT2D eigenvalue weighted by molar-refractivity contribution is 7.99. The van der Waals surface area contributed by atoms with Crippen LogP contribution in [0.25, 0.3) is 10.8 Å². The number of rotatable bonds is 5. The number of aliphatic hydroxyl groups is 1. The van der Waals surface area contributed by atoms with Gasteiger partial charge in [0.05, 0.1) is 0 Å². The molecule has 3 nitrogen and oxygen atoms in total. The van der Waals surface area contributed by atoms with E-state index in [0.717, 1.165) is 24.6 Å². The fourth-order valence-corrected chi connectivity index (χ4v) is 3.71. The molecular weight excluding hydrogens is 294 g/mol. The minimum Gasteiger partial charge on any atom is -0.491 e. The summed E-state index contributed by atoms with van der Waals surface area (Å²) in [5.41, 5.74) is 0. The Morgan fingerprint density at radius 2 is 1.95 bits per heavy atom. The third-order valence-electron chi connectivity index (χ3n) is 3.95. The Balaban J connectivity index is 1.51. The second kappa shape index (κ2) is 7.86. The number of hydrogen-bond acceptors (Lipinski definition) is 4. The van der Waals surface area contributed by atoms with Crippen LogP contribution in [0, 0.1) is 0 Å². The average Bonchev–Trinajstić information content (AvgIpc) is 2.81. The smallest absolute Gasteiger partial charge is 0.120 e. The number of fused-ring (bicyclic) bond motifs is 1. The molecule has 0 spiro atoms. The molecule has 3 rings (SSSR count). The zero-order valence-electron chi connectivity index (χ0n) is 12.8. The van der Waals surface area contributed by atoms with Crippen molar-refractivity contribution in [2.45, 2.75) is 12.5 Å². The maximum atomic E-state index is 10.2. The van der Waals surface area contributed by atoms with Gasteiger partial charge in [-0.1, -0.05) is 30.3 Å². The van der Waals surface area contributed by atoms with E-state index in [1.54, 1.807) is 0 Å². The highest BCUT2D eigenvalue weighted by atomic mass is 32.2. The summed E-state index contributed by atoms with van der Waals surface area (Å²) in [7, 11) is 0. The number of hydrogen-bond donors (Lipinski definition) is 1. The Labute approximate surface area is 136 Å². The van der Waals surface area contributed by atoms with Crippen molar-refractivity contribution in [3.63, 3.8) is 0 Å². The van der Waals surface area contributed by atoms with Crippen LogP contribution in [-0.4, -0.2) is 53.9 Å². The van der Waals surface area contributed by atoms with E-state index in [1.165, 1.54) is 22.9 Å². The van der Waals surface area contributed by atoms with Crippen molar-refractivity contribution in [2.24, 2.45) is 0 Å². The third kappa shape index (κ3) is 4.38.